The Morgan fingerprint density at radius 3 is 2.61 bits per heavy atom. The van der Waals surface area contributed by atoms with E-state index in [1.165, 1.54) is 0 Å². The minimum Gasteiger partial charge on any atom is -0.481 e. The molecule has 6 nitrogen and oxygen atoms in total. The lowest BCUT2D eigenvalue weighted by molar-refractivity contribution is -0.143. The number of anilines is 1. The molecule has 18 heavy (non-hydrogen) atoms. The molecule has 0 spiro atoms. The Morgan fingerprint density at radius 1 is 1.44 bits per heavy atom. The summed E-state index contributed by atoms with van der Waals surface area (Å²) in [6.07, 6.45) is 0.205. The highest BCUT2D eigenvalue weighted by Crippen LogP contribution is 2.27. The molecular weight excluding hydrogens is 232 g/mol. The molecule has 0 aliphatic heterocycles. The average Bonchev–Trinajstić information content (AvgIpc) is 2.75. The van der Waals surface area contributed by atoms with E-state index in [9.17, 15) is 9.90 Å². The van der Waals surface area contributed by atoms with Gasteiger partial charge in [-0.1, -0.05) is 30.3 Å². The van der Waals surface area contributed by atoms with Gasteiger partial charge in [0.15, 0.2) is 0 Å². The van der Waals surface area contributed by atoms with Crippen LogP contribution < -0.4 is 5.73 Å². The highest BCUT2D eigenvalue weighted by Gasteiger charge is 2.36. The van der Waals surface area contributed by atoms with Crippen molar-refractivity contribution in [2.24, 2.45) is 0 Å². The van der Waals surface area contributed by atoms with Crippen LogP contribution >= 0.6 is 0 Å². The van der Waals surface area contributed by atoms with Crippen LogP contribution in [0.25, 0.3) is 0 Å². The van der Waals surface area contributed by atoms with Gasteiger partial charge in [0, 0.05) is 6.42 Å². The van der Waals surface area contributed by atoms with Gasteiger partial charge in [-0.25, -0.2) is 0 Å². The maximum atomic E-state index is 11.5. The number of benzene rings is 1. The van der Waals surface area contributed by atoms with Crippen LogP contribution in [0.15, 0.2) is 30.3 Å². The van der Waals surface area contributed by atoms with Crippen LogP contribution in [0.5, 0.6) is 0 Å². The van der Waals surface area contributed by atoms with Crippen LogP contribution in [-0.4, -0.2) is 26.3 Å². The summed E-state index contributed by atoms with van der Waals surface area (Å²) in [5.74, 6) is -0.337. The zero-order valence-corrected chi connectivity index (χ0v) is 9.92. The Hall–Kier alpha value is -2.37. The van der Waals surface area contributed by atoms with Gasteiger partial charge >= 0.3 is 5.97 Å². The van der Waals surface area contributed by atoms with Crippen molar-refractivity contribution in [1.82, 2.24) is 15.2 Å². The van der Waals surface area contributed by atoms with E-state index in [2.05, 4.69) is 15.2 Å². The molecule has 0 bridgehead atoms. The molecule has 1 aromatic heterocycles. The molecule has 1 unspecified atom stereocenters. The van der Waals surface area contributed by atoms with Crippen LogP contribution in [-0.2, 0) is 16.6 Å². The van der Waals surface area contributed by atoms with Crippen molar-refractivity contribution < 1.29 is 9.90 Å². The molecule has 0 fully saturated rings. The number of H-pyrrole nitrogens is 1. The third kappa shape index (κ3) is 2.17. The van der Waals surface area contributed by atoms with Crippen molar-refractivity contribution in [2.75, 3.05) is 5.73 Å². The molecule has 4 N–H and O–H groups in total. The topological polar surface area (TPSA) is 105 Å². The monoisotopic (exact) mass is 246 g/mol. The summed E-state index contributed by atoms with van der Waals surface area (Å²) in [6, 6.07) is 9.04. The number of hydrogen-bond acceptors (Lipinski definition) is 4. The Labute approximate surface area is 104 Å². The number of hydrogen-bond donors (Lipinski definition) is 3. The fraction of sp³-hybridized carbons (Fsp3) is 0.250. The van der Waals surface area contributed by atoms with E-state index in [0.717, 1.165) is 0 Å². The fourth-order valence-corrected chi connectivity index (χ4v) is 1.83. The molecule has 6 heteroatoms. The number of carbonyl (C=O) groups is 1. The summed E-state index contributed by atoms with van der Waals surface area (Å²) in [4.78, 5) is 15.5. The minimum atomic E-state index is -1.06. The normalized spacial score (nSPS) is 14.1. The lowest BCUT2D eigenvalue weighted by Gasteiger charge is -2.24. The first kappa shape index (κ1) is 12.1. The van der Waals surface area contributed by atoms with E-state index >= 15 is 0 Å². The number of rotatable bonds is 4. The van der Waals surface area contributed by atoms with E-state index in [0.29, 0.717) is 11.4 Å². The van der Waals surface area contributed by atoms with E-state index in [4.69, 9.17) is 5.73 Å². The minimum absolute atomic E-state index is 0.116. The van der Waals surface area contributed by atoms with Crippen LogP contribution in [0.2, 0.25) is 0 Å². The predicted octanol–water partition coefficient (Wildman–Crippen LogP) is 0.972. The number of nitrogens with one attached hydrogen (secondary N) is 1. The molecule has 0 radical (unpaired) electrons. The SMILES string of the molecule is CC(Cc1nc(N)n[nH]1)(C(=O)O)c1ccccc1. The quantitative estimate of drug-likeness (QED) is 0.745. The smallest absolute Gasteiger partial charge is 0.314 e. The van der Waals surface area contributed by atoms with Gasteiger partial charge in [-0.05, 0) is 12.5 Å². The third-order valence-electron chi connectivity index (χ3n) is 2.95. The summed E-state index contributed by atoms with van der Waals surface area (Å²) in [7, 11) is 0. The zero-order chi connectivity index (χ0) is 13.2. The Kier molecular flexibility index (Phi) is 3.01. The molecule has 1 heterocycles. The number of carboxylic acids is 1. The lowest BCUT2D eigenvalue weighted by Crippen LogP contribution is -2.35. The van der Waals surface area contributed by atoms with Crippen molar-refractivity contribution in [3.63, 3.8) is 0 Å². The second-order valence-corrected chi connectivity index (χ2v) is 4.32. The second kappa shape index (κ2) is 4.48. The van der Waals surface area contributed by atoms with Crippen molar-refractivity contribution in [2.45, 2.75) is 18.8 Å². The number of nitrogens with two attached hydrogens (primary N) is 1. The number of aromatic nitrogens is 3. The highest BCUT2D eigenvalue weighted by atomic mass is 16.4. The van der Waals surface area contributed by atoms with Gasteiger partial charge in [-0.15, -0.1) is 5.10 Å². The maximum absolute atomic E-state index is 11.5. The van der Waals surface area contributed by atoms with Crippen molar-refractivity contribution in [3.8, 4) is 0 Å². The number of carboxylic acid groups (broad SMARTS) is 1. The molecule has 0 aliphatic rings. The van der Waals surface area contributed by atoms with Gasteiger partial charge in [0.2, 0.25) is 5.95 Å². The average molecular weight is 246 g/mol. The summed E-state index contributed by atoms with van der Waals surface area (Å²) < 4.78 is 0. The van der Waals surface area contributed by atoms with E-state index in [-0.39, 0.29) is 12.4 Å². The van der Waals surface area contributed by atoms with Crippen molar-refractivity contribution in [1.29, 1.82) is 0 Å². The number of nitrogen functional groups attached to an aromatic ring is 1. The standard InChI is InChI=1S/C12H14N4O2/c1-12(10(17)18,8-5-3-2-4-6-8)7-9-14-11(13)16-15-9/h2-6H,7H2,1H3,(H,17,18)(H3,13,14,15,16). The Morgan fingerprint density at radius 2 is 2.11 bits per heavy atom. The first-order valence-corrected chi connectivity index (χ1v) is 5.48. The fourth-order valence-electron chi connectivity index (χ4n) is 1.83. The first-order valence-electron chi connectivity index (χ1n) is 5.48. The third-order valence-corrected chi connectivity index (χ3v) is 2.95. The van der Waals surface area contributed by atoms with E-state index < -0.39 is 11.4 Å². The molecule has 94 valence electrons. The Balaban J connectivity index is 2.36. The molecule has 2 aromatic rings. The second-order valence-electron chi connectivity index (χ2n) is 4.32. The maximum Gasteiger partial charge on any atom is 0.314 e. The zero-order valence-electron chi connectivity index (χ0n) is 9.92. The number of aliphatic carboxylic acids is 1. The molecule has 0 aliphatic carbocycles. The van der Waals surface area contributed by atoms with E-state index in [1.807, 2.05) is 18.2 Å². The van der Waals surface area contributed by atoms with Gasteiger partial charge < -0.3 is 10.8 Å². The molecular formula is C12H14N4O2. The lowest BCUT2D eigenvalue weighted by atomic mass is 9.79. The van der Waals surface area contributed by atoms with Crippen LogP contribution in [0.1, 0.15) is 18.3 Å². The summed E-state index contributed by atoms with van der Waals surface area (Å²) in [5.41, 5.74) is 5.06. The van der Waals surface area contributed by atoms with Gasteiger partial charge in [-0.3, -0.25) is 9.89 Å². The molecule has 2 rings (SSSR count). The van der Waals surface area contributed by atoms with E-state index in [1.54, 1.807) is 19.1 Å². The summed E-state index contributed by atoms with van der Waals surface area (Å²) in [5, 5.41) is 15.8. The van der Waals surface area contributed by atoms with Crippen LogP contribution in [0.4, 0.5) is 5.95 Å². The van der Waals surface area contributed by atoms with Crippen LogP contribution in [0.3, 0.4) is 0 Å². The molecule has 0 amide bonds. The van der Waals surface area contributed by atoms with Gasteiger partial charge in [-0.2, -0.15) is 4.98 Å². The molecule has 0 saturated carbocycles. The first-order chi connectivity index (χ1) is 8.52. The largest absolute Gasteiger partial charge is 0.481 e. The Bertz CT molecular complexity index is 552. The predicted molar refractivity (Wildman–Crippen MR) is 65.9 cm³/mol. The molecule has 1 aromatic carbocycles. The summed E-state index contributed by atoms with van der Waals surface area (Å²) >= 11 is 0. The number of aromatic amines is 1. The summed E-state index contributed by atoms with van der Waals surface area (Å²) in [6.45, 7) is 1.66. The highest BCUT2D eigenvalue weighted by molar-refractivity contribution is 5.81. The molecule has 0 saturated heterocycles. The van der Waals surface area contributed by atoms with Crippen LogP contribution in [0, 0.1) is 0 Å². The van der Waals surface area contributed by atoms with Crippen molar-refractivity contribution in [3.05, 3.63) is 41.7 Å². The van der Waals surface area contributed by atoms with Crippen molar-refractivity contribution >= 4 is 11.9 Å². The van der Waals surface area contributed by atoms with Gasteiger partial charge in [0.05, 0.1) is 5.41 Å². The van der Waals surface area contributed by atoms with Gasteiger partial charge in [0.25, 0.3) is 0 Å². The number of nitrogens with zero attached hydrogens (tertiary/aromatic N) is 2. The van der Waals surface area contributed by atoms with Gasteiger partial charge in [0.1, 0.15) is 5.82 Å². The molecule has 1 atom stereocenters.